The van der Waals surface area contributed by atoms with Crippen molar-refractivity contribution in [3.8, 4) is 11.1 Å². The molecule has 0 atom stereocenters. The lowest BCUT2D eigenvalue weighted by atomic mass is 10.2. The molecule has 2 N–H and O–H groups in total. The van der Waals surface area contributed by atoms with Gasteiger partial charge in [-0.15, -0.1) is 0 Å². The Kier molecular flexibility index (Phi) is 4.23. The second kappa shape index (κ2) is 6.47. The van der Waals surface area contributed by atoms with Crippen LogP contribution in [0.1, 0.15) is 0 Å². The highest BCUT2D eigenvalue weighted by Gasteiger charge is 2.23. The number of nitrogens with zero attached hydrogens (tertiary/aromatic N) is 1. The van der Waals surface area contributed by atoms with Gasteiger partial charge >= 0.3 is 7.69 Å². The highest BCUT2D eigenvalue weighted by atomic mass is 16.4. The number of para-hydroxylation sites is 2. The Morgan fingerprint density at radius 1 is 0.682 bits per heavy atom. The van der Waals surface area contributed by atoms with Crippen LogP contribution in [0.3, 0.4) is 0 Å². The third-order valence-electron chi connectivity index (χ3n) is 3.49. The molecule has 0 unspecified atom stereocenters. The molecule has 4 heteroatoms. The van der Waals surface area contributed by atoms with Gasteiger partial charge in [0.05, 0.1) is 5.69 Å². The van der Waals surface area contributed by atoms with E-state index in [4.69, 9.17) is 10.0 Å². The van der Waals surface area contributed by atoms with Crippen molar-refractivity contribution >= 4 is 24.7 Å². The Bertz CT molecular complexity index is 708. The molecule has 107 valence electrons. The Morgan fingerprint density at radius 2 is 1.18 bits per heavy atom. The maximum atomic E-state index is 7.00. The van der Waals surface area contributed by atoms with Crippen LogP contribution in [0.2, 0.25) is 0 Å². The molecule has 2 aliphatic rings. The number of rotatable bonds is 3. The number of hydrogen-bond donors (Lipinski definition) is 2. The highest BCUT2D eigenvalue weighted by Crippen LogP contribution is 2.48. The summed E-state index contributed by atoms with van der Waals surface area (Å²) in [7, 11) is 0. The Morgan fingerprint density at radius 3 is 1.55 bits per heavy atom. The van der Waals surface area contributed by atoms with Crippen LogP contribution in [-0.2, 0) is 0 Å². The largest absolute Gasteiger partial charge is 0.482 e. The number of benzene rings is 3. The first kappa shape index (κ1) is 14.4. The molecule has 0 fully saturated rings. The van der Waals surface area contributed by atoms with Gasteiger partial charge in [0, 0.05) is 16.9 Å². The second-order valence-corrected chi connectivity index (χ2v) is 4.85. The first-order valence-corrected chi connectivity index (χ1v) is 7.00. The zero-order chi connectivity index (χ0) is 15.4. The van der Waals surface area contributed by atoms with Crippen molar-refractivity contribution in [3.63, 3.8) is 0 Å². The van der Waals surface area contributed by atoms with Crippen molar-refractivity contribution in [1.82, 2.24) is 0 Å². The molecular formula is C18H15BNO2. The number of anilines is 3. The Balaban J connectivity index is 0.000000446. The van der Waals surface area contributed by atoms with Gasteiger partial charge in [0.15, 0.2) is 0 Å². The quantitative estimate of drug-likeness (QED) is 0.566. The standard InChI is InChI=1S/C18H13N.BH2O2/c1-3-7-15(8-4-1)19(16-9-5-2-6-10-16)18-12-11-14-13-17(14)18;2-1-3/h1-13H;2-3H. The minimum absolute atomic E-state index is 0. The van der Waals surface area contributed by atoms with E-state index in [1.165, 1.54) is 28.2 Å². The van der Waals surface area contributed by atoms with Crippen LogP contribution in [0.4, 0.5) is 17.1 Å². The first-order chi connectivity index (χ1) is 10.8. The molecule has 0 aliphatic heterocycles. The van der Waals surface area contributed by atoms with E-state index in [1.54, 1.807) is 0 Å². The molecule has 0 bridgehead atoms. The molecule has 0 saturated carbocycles. The molecular weight excluding hydrogens is 273 g/mol. The van der Waals surface area contributed by atoms with Crippen LogP contribution >= 0.6 is 0 Å². The first-order valence-electron chi connectivity index (χ1n) is 7.00. The summed E-state index contributed by atoms with van der Waals surface area (Å²) in [4.78, 5) is 2.31. The zero-order valence-corrected chi connectivity index (χ0v) is 11.9. The van der Waals surface area contributed by atoms with Gasteiger partial charge in [-0.05, 0) is 42.0 Å². The van der Waals surface area contributed by atoms with Crippen LogP contribution < -0.4 is 4.90 Å². The van der Waals surface area contributed by atoms with Crippen LogP contribution in [0.5, 0.6) is 0 Å². The van der Waals surface area contributed by atoms with E-state index >= 15 is 0 Å². The molecule has 22 heavy (non-hydrogen) atoms. The summed E-state index contributed by atoms with van der Waals surface area (Å²) < 4.78 is 0. The molecule has 0 saturated heterocycles. The summed E-state index contributed by atoms with van der Waals surface area (Å²) in [5, 5.41) is 14.0. The van der Waals surface area contributed by atoms with Gasteiger partial charge in [-0.1, -0.05) is 42.5 Å². The lowest BCUT2D eigenvalue weighted by molar-refractivity contribution is 0.448. The van der Waals surface area contributed by atoms with Crippen molar-refractivity contribution in [3.05, 3.63) is 78.9 Å². The molecule has 0 heterocycles. The Labute approximate surface area is 130 Å². The van der Waals surface area contributed by atoms with E-state index in [0.29, 0.717) is 0 Å². The van der Waals surface area contributed by atoms with E-state index in [0.717, 1.165) is 0 Å². The molecule has 0 aromatic heterocycles. The van der Waals surface area contributed by atoms with Crippen LogP contribution in [-0.4, -0.2) is 17.7 Å². The third-order valence-corrected chi connectivity index (χ3v) is 3.49. The molecule has 0 amide bonds. The molecule has 0 spiro atoms. The van der Waals surface area contributed by atoms with Gasteiger partial charge in [-0.3, -0.25) is 0 Å². The zero-order valence-electron chi connectivity index (χ0n) is 11.9. The van der Waals surface area contributed by atoms with E-state index in [1.807, 2.05) is 0 Å². The van der Waals surface area contributed by atoms with Gasteiger partial charge in [-0.2, -0.15) is 0 Å². The minimum atomic E-state index is 0. The van der Waals surface area contributed by atoms with Crippen molar-refractivity contribution in [2.45, 2.75) is 0 Å². The average Bonchev–Trinajstić information content (AvgIpc) is 3.24. The number of fused-ring (bicyclic) bond motifs is 1. The summed E-state index contributed by atoms with van der Waals surface area (Å²) in [6.45, 7) is 0. The monoisotopic (exact) mass is 288 g/mol. The summed E-state index contributed by atoms with van der Waals surface area (Å²) in [5.74, 6) is 0. The van der Waals surface area contributed by atoms with E-state index in [2.05, 4.69) is 83.8 Å². The minimum Gasteiger partial charge on any atom is -0.429 e. The molecule has 2 aliphatic carbocycles. The van der Waals surface area contributed by atoms with Gasteiger partial charge in [0.1, 0.15) is 0 Å². The molecule has 1 radical (unpaired) electrons. The van der Waals surface area contributed by atoms with E-state index in [9.17, 15) is 0 Å². The lowest BCUT2D eigenvalue weighted by Crippen LogP contribution is -2.08. The van der Waals surface area contributed by atoms with Gasteiger partial charge in [0.2, 0.25) is 0 Å². The third kappa shape index (κ3) is 2.88. The molecule has 4 rings (SSSR count). The predicted octanol–water partition coefficient (Wildman–Crippen LogP) is 3.64. The maximum Gasteiger partial charge on any atom is 0.482 e. The average molecular weight is 288 g/mol. The van der Waals surface area contributed by atoms with Crippen molar-refractivity contribution < 1.29 is 10.0 Å². The summed E-state index contributed by atoms with van der Waals surface area (Å²) in [6.07, 6.45) is 0. The fourth-order valence-electron chi connectivity index (χ4n) is 2.51. The smallest absolute Gasteiger partial charge is 0.429 e. The van der Waals surface area contributed by atoms with Crippen LogP contribution in [0.25, 0.3) is 11.1 Å². The SMILES string of the molecule is O[B]O.c1ccc(N(c2ccccc2)c2ccc3cc2-3)cc1. The van der Waals surface area contributed by atoms with Crippen LogP contribution in [0.15, 0.2) is 78.9 Å². The van der Waals surface area contributed by atoms with Gasteiger partial charge in [-0.25, -0.2) is 0 Å². The normalized spacial score (nSPS) is 10.3. The highest BCUT2D eigenvalue weighted by molar-refractivity contribution is 6.13. The van der Waals surface area contributed by atoms with Gasteiger partial charge in [0.25, 0.3) is 0 Å². The van der Waals surface area contributed by atoms with Crippen LogP contribution in [0, 0.1) is 0 Å². The topological polar surface area (TPSA) is 43.7 Å². The second-order valence-electron chi connectivity index (χ2n) is 4.85. The predicted molar refractivity (Wildman–Crippen MR) is 90.3 cm³/mol. The Hall–Kier alpha value is -2.56. The lowest BCUT2D eigenvalue weighted by Gasteiger charge is -2.24. The maximum absolute atomic E-state index is 7.00. The summed E-state index contributed by atoms with van der Waals surface area (Å²) >= 11 is 0. The molecule has 3 nitrogen and oxygen atoms in total. The van der Waals surface area contributed by atoms with Crippen molar-refractivity contribution in [2.75, 3.05) is 4.90 Å². The van der Waals surface area contributed by atoms with Crippen molar-refractivity contribution in [2.24, 2.45) is 0 Å². The fourth-order valence-corrected chi connectivity index (χ4v) is 2.51. The van der Waals surface area contributed by atoms with E-state index in [-0.39, 0.29) is 7.69 Å². The molecule has 2 aromatic carbocycles. The fraction of sp³-hybridized carbons (Fsp3) is 0. The molecule has 2 aromatic rings. The summed E-state index contributed by atoms with van der Waals surface area (Å²) in [5.41, 5.74) is 6.40. The van der Waals surface area contributed by atoms with Gasteiger partial charge < -0.3 is 14.9 Å². The summed E-state index contributed by atoms with van der Waals surface area (Å²) in [6, 6.07) is 27.6. The van der Waals surface area contributed by atoms with Crippen molar-refractivity contribution in [1.29, 1.82) is 0 Å². The number of hydrogen-bond acceptors (Lipinski definition) is 3. The van der Waals surface area contributed by atoms with E-state index < -0.39 is 0 Å².